The Bertz CT molecular complexity index is 375. The summed E-state index contributed by atoms with van der Waals surface area (Å²) in [6.07, 6.45) is 6.69. The largest absolute Gasteiger partial charge is 0.382 e. The van der Waals surface area contributed by atoms with E-state index in [1.165, 1.54) is 43.4 Å². The first-order chi connectivity index (χ1) is 8.20. The zero-order valence-electron chi connectivity index (χ0n) is 10.8. The van der Waals surface area contributed by atoms with Gasteiger partial charge in [0.2, 0.25) is 0 Å². The van der Waals surface area contributed by atoms with Crippen LogP contribution < -0.4 is 5.32 Å². The number of hydrogen-bond acceptors (Lipinski definition) is 1. The van der Waals surface area contributed by atoms with Crippen LogP contribution in [-0.2, 0) is 0 Å². The van der Waals surface area contributed by atoms with Gasteiger partial charge >= 0.3 is 0 Å². The van der Waals surface area contributed by atoms with E-state index in [1.807, 2.05) is 6.07 Å². The van der Waals surface area contributed by atoms with Gasteiger partial charge in [-0.05, 0) is 43.4 Å². The van der Waals surface area contributed by atoms with Gasteiger partial charge in [0.25, 0.3) is 0 Å². The maximum Gasteiger partial charge on any atom is 0.0426 e. The second kappa shape index (κ2) is 5.77. The summed E-state index contributed by atoms with van der Waals surface area (Å²) in [7, 11) is 0. The normalized spacial score (nSPS) is 24.6. The Kier molecular flexibility index (Phi) is 4.33. The smallest absolute Gasteiger partial charge is 0.0426 e. The minimum absolute atomic E-state index is 0.630. The molecule has 0 saturated heterocycles. The number of anilines is 1. The molecule has 1 nitrogen and oxygen atoms in total. The van der Waals surface area contributed by atoms with Gasteiger partial charge in [-0.25, -0.2) is 0 Å². The van der Waals surface area contributed by atoms with Crippen LogP contribution >= 0.6 is 11.6 Å². The Morgan fingerprint density at radius 3 is 2.82 bits per heavy atom. The van der Waals surface area contributed by atoms with Crippen molar-refractivity contribution in [2.24, 2.45) is 5.92 Å². The molecule has 1 saturated carbocycles. The van der Waals surface area contributed by atoms with Crippen molar-refractivity contribution in [2.45, 2.75) is 52.0 Å². The fourth-order valence-corrected chi connectivity index (χ4v) is 3.01. The molecule has 1 fully saturated rings. The van der Waals surface area contributed by atoms with Crippen LogP contribution in [0.1, 0.15) is 44.6 Å². The zero-order valence-corrected chi connectivity index (χ0v) is 11.6. The average molecular weight is 252 g/mol. The molecule has 1 aromatic carbocycles. The monoisotopic (exact) mass is 251 g/mol. The first-order valence-corrected chi connectivity index (χ1v) is 7.11. The molecule has 0 aliphatic heterocycles. The van der Waals surface area contributed by atoms with Crippen LogP contribution in [0.4, 0.5) is 5.69 Å². The summed E-state index contributed by atoms with van der Waals surface area (Å²) < 4.78 is 0. The minimum Gasteiger partial charge on any atom is -0.382 e. The third-order valence-electron chi connectivity index (χ3n) is 3.97. The van der Waals surface area contributed by atoms with Gasteiger partial charge in [0, 0.05) is 16.8 Å². The van der Waals surface area contributed by atoms with Crippen LogP contribution in [0.2, 0.25) is 5.02 Å². The molecule has 0 aromatic heterocycles. The summed E-state index contributed by atoms with van der Waals surface area (Å²) in [4.78, 5) is 0. The van der Waals surface area contributed by atoms with Gasteiger partial charge < -0.3 is 5.32 Å². The average Bonchev–Trinajstić information content (AvgIpc) is 2.34. The Hall–Kier alpha value is -0.690. The van der Waals surface area contributed by atoms with Crippen molar-refractivity contribution < 1.29 is 0 Å². The summed E-state index contributed by atoms with van der Waals surface area (Å²) in [5, 5.41) is 4.53. The molecular formula is C15H22ClN. The topological polar surface area (TPSA) is 12.0 Å². The lowest BCUT2D eigenvalue weighted by Gasteiger charge is -2.32. The van der Waals surface area contributed by atoms with E-state index in [-0.39, 0.29) is 0 Å². The lowest BCUT2D eigenvalue weighted by molar-refractivity contribution is 0.317. The third kappa shape index (κ3) is 3.16. The van der Waals surface area contributed by atoms with Gasteiger partial charge in [-0.1, -0.05) is 43.9 Å². The number of nitrogens with one attached hydrogen (secondary N) is 1. The lowest BCUT2D eigenvalue weighted by Crippen LogP contribution is -2.32. The number of rotatable bonds is 3. The lowest BCUT2D eigenvalue weighted by atomic mass is 9.82. The molecule has 1 aliphatic carbocycles. The molecule has 17 heavy (non-hydrogen) atoms. The van der Waals surface area contributed by atoms with Gasteiger partial charge in [0.1, 0.15) is 0 Å². The molecule has 0 radical (unpaired) electrons. The first-order valence-electron chi connectivity index (χ1n) is 6.73. The summed E-state index contributed by atoms with van der Waals surface area (Å²) >= 11 is 6.06. The first kappa shape index (κ1) is 12.8. The van der Waals surface area contributed by atoms with Crippen molar-refractivity contribution in [2.75, 3.05) is 5.32 Å². The van der Waals surface area contributed by atoms with Crippen LogP contribution in [0.25, 0.3) is 0 Å². The van der Waals surface area contributed by atoms with Crippen LogP contribution in [-0.4, -0.2) is 6.04 Å². The van der Waals surface area contributed by atoms with Crippen molar-refractivity contribution in [3.05, 3.63) is 28.8 Å². The second-order valence-electron chi connectivity index (χ2n) is 5.16. The quantitative estimate of drug-likeness (QED) is 0.795. The van der Waals surface area contributed by atoms with Gasteiger partial charge in [0.15, 0.2) is 0 Å². The molecule has 2 heteroatoms. The van der Waals surface area contributed by atoms with Crippen LogP contribution in [0, 0.1) is 12.8 Å². The molecule has 94 valence electrons. The molecule has 0 spiro atoms. The van der Waals surface area contributed by atoms with E-state index < -0.39 is 0 Å². The highest BCUT2D eigenvalue weighted by molar-refractivity contribution is 6.30. The molecule has 1 aromatic rings. The van der Waals surface area contributed by atoms with Crippen molar-refractivity contribution in [1.82, 2.24) is 0 Å². The predicted octanol–water partition coefficient (Wildman–Crippen LogP) is 5.03. The Morgan fingerprint density at radius 1 is 1.29 bits per heavy atom. The number of hydrogen-bond donors (Lipinski definition) is 1. The summed E-state index contributed by atoms with van der Waals surface area (Å²) in [5.41, 5.74) is 2.50. The van der Waals surface area contributed by atoms with Crippen LogP contribution in [0.3, 0.4) is 0 Å². The molecule has 0 bridgehead atoms. The molecule has 0 amide bonds. The third-order valence-corrected chi connectivity index (χ3v) is 4.21. The summed E-state index contributed by atoms with van der Waals surface area (Å²) in [6, 6.07) is 6.73. The zero-order chi connectivity index (χ0) is 12.3. The van der Waals surface area contributed by atoms with E-state index in [1.54, 1.807) is 0 Å². The number of benzene rings is 1. The molecule has 1 N–H and O–H groups in total. The van der Waals surface area contributed by atoms with Crippen molar-refractivity contribution in [3.8, 4) is 0 Å². The van der Waals surface area contributed by atoms with Crippen molar-refractivity contribution in [3.63, 3.8) is 0 Å². The Balaban J connectivity index is 2.10. The minimum atomic E-state index is 0.630. The van der Waals surface area contributed by atoms with E-state index in [0.29, 0.717) is 6.04 Å². The van der Waals surface area contributed by atoms with E-state index in [9.17, 15) is 0 Å². The molecule has 2 rings (SSSR count). The van der Waals surface area contributed by atoms with Crippen molar-refractivity contribution >= 4 is 17.3 Å². The molecule has 0 heterocycles. The number of halogens is 1. The fourth-order valence-electron chi connectivity index (χ4n) is 2.84. The van der Waals surface area contributed by atoms with E-state index in [0.717, 1.165) is 10.9 Å². The standard InChI is InChI=1S/C15H22ClN/c1-3-12-6-4-5-7-14(12)17-15-10-13(16)9-8-11(15)2/h8-10,12,14,17H,3-7H2,1-2H3. The Morgan fingerprint density at radius 2 is 2.06 bits per heavy atom. The highest BCUT2D eigenvalue weighted by Gasteiger charge is 2.23. The summed E-state index contributed by atoms with van der Waals surface area (Å²) in [6.45, 7) is 4.44. The maximum absolute atomic E-state index is 6.06. The van der Waals surface area contributed by atoms with Gasteiger partial charge in [-0.3, -0.25) is 0 Å². The maximum atomic E-state index is 6.06. The summed E-state index contributed by atoms with van der Waals surface area (Å²) in [5.74, 6) is 0.821. The highest BCUT2D eigenvalue weighted by Crippen LogP contribution is 2.31. The van der Waals surface area contributed by atoms with Crippen LogP contribution in [0.15, 0.2) is 18.2 Å². The van der Waals surface area contributed by atoms with E-state index in [4.69, 9.17) is 11.6 Å². The number of aryl methyl sites for hydroxylation is 1. The fraction of sp³-hybridized carbons (Fsp3) is 0.600. The van der Waals surface area contributed by atoms with Gasteiger partial charge in [-0.15, -0.1) is 0 Å². The Labute approximate surface area is 110 Å². The predicted molar refractivity (Wildman–Crippen MR) is 75.8 cm³/mol. The SMILES string of the molecule is CCC1CCCCC1Nc1cc(Cl)ccc1C. The second-order valence-corrected chi connectivity index (χ2v) is 5.60. The highest BCUT2D eigenvalue weighted by atomic mass is 35.5. The van der Waals surface area contributed by atoms with Crippen LogP contribution in [0.5, 0.6) is 0 Å². The van der Waals surface area contributed by atoms with Crippen molar-refractivity contribution in [1.29, 1.82) is 0 Å². The molecule has 1 aliphatic rings. The molecule has 2 unspecified atom stereocenters. The van der Waals surface area contributed by atoms with Gasteiger partial charge in [-0.2, -0.15) is 0 Å². The molecule has 2 atom stereocenters. The molecular weight excluding hydrogens is 230 g/mol. The van der Waals surface area contributed by atoms with Gasteiger partial charge in [0.05, 0.1) is 0 Å². The van der Waals surface area contributed by atoms with E-state index >= 15 is 0 Å². The van der Waals surface area contributed by atoms with E-state index in [2.05, 4.69) is 31.3 Å².